The van der Waals surface area contributed by atoms with Gasteiger partial charge in [-0.25, -0.2) is 0 Å². The van der Waals surface area contributed by atoms with Crippen molar-refractivity contribution in [2.75, 3.05) is 19.7 Å². The van der Waals surface area contributed by atoms with Crippen molar-refractivity contribution in [1.82, 2.24) is 5.32 Å². The summed E-state index contributed by atoms with van der Waals surface area (Å²) < 4.78 is 5.60. The molecule has 1 aromatic rings. The Morgan fingerprint density at radius 3 is 2.33 bits per heavy atom. The van der Waals surface area contributed by atoms with E-state index in [1.165, 1.54) is 0 Å². The molecule has 0 heterocycles. The van der Waals surface area contributed by atoms with Gasteiger partial charge in [-0.05, 0) is 25.6 Å². The molecule has 0 aliphatic heterocycles. The van der Waals surface area contributed by atoms with Gasteiger partial charge in [-0.2, -0.15) is 0 Å². The molecule has 0 atom stereocenters. The highest BCUT2D eigenvalue weighted by Gasteiger charge is 1.97. The van der Waals surface area contributed by atoms with Gasteiger partial charge < -0.3 is 10.1 Å². The molecule has 0 bridgehead atoms. The summed E-state index contributed by atoms with van der Waals surface area (Å²) in [7, 11) is 0. The minimum atomic E-state index is 0.793. The van der Waals surface area contributed by atoms with Crippen LogP contribution in [0.4, 0.5) is 0 Å². The van der Waals surface area contributed by atoms with Gasteiger partial charge in [0.05, 0.1) is 6.61 Å². The van der Waals surface area contributed by atoms with Crippen LogP contribution >= 0.6 is 0 Å². The summed E-state index contributed by atoms with van der Waals surface area (Å²) in [5.41, 5.74) is 1.07. The van der Waals surface area contributed by atoms with Crippen LogP contribution < -0.4 is 10.1 Å². The molecule has 0 aliphatic rings. The molecule has 0 unspecified atom stereocenters. The van der Waals surface area contributed by atoms with Crippen molar-refractivity contribution in [3.05, 3.63) is 36.4 Å². The van der Waals surface area contributed by atoms with Gasteiger partial charge >= 0.3 is 0 Å². The van der Waals surface area contributed by atoms with Crippen molar-refractivity contribution in [3.63, 3.8) is 0 Å². The van der Waals surface area contributed by atoms with Gasteiger partial charge in [0.25, 0.3) is 0 Å². The minimum absolute atomic E-state index is 0.793. The fourth-order valence-electron chi connectivity index (χ4n) is 1.36. The standard InChI is InChI=1S/C12H16O.C4H11N/c1-3-5-10-13-12-9-7-6-8-11(12)4-2;1-3-5-4-2/h4,6-9H,2-3,5,10H2,1H3;5H,3-4H2,1-2H3. The maximum atomic E-state index is 5.60. The quantitative estimate of drug-likeness (QED) is 0.734. The van der Waals surface area contributed by atoms with E-state index in [0.717, 1.165) is 43.9 Å². The smallest absolute Gasteiger partial charge is 0.126 e. The molecule has 0 aliphatic carbocycles. The first-order chi connectivity index (χ1) is 8.79. The molecule has 0 fully saturated rings. The average Bonchev–Trinajstić information content (AvgIpc) is 2.41. The fraction of sp³-hybridized carbons (Fsp3) is 0.500. The molecule has 1 N–H and O–H groups in total. The maximum Gasteiger partial charge on any atom is 0.126 e. The summed E-state index contributed by atoms with van der Waals surface area (Å²) >= 11 is 0. The monoisotopic (exact) mass is 249 g/mol. The van der Waals surface area contributed by atoms with Gasteiger partial charge in [-0.1, -0.05) is 58.0 Å². The van der Waals surface area contributed by atoms with E-state index < -0.39 is 0 Å². The van der Waals surface area contributed by atoms with Gasteiger partial charge in [-0.3, -0.25) is 0 Å². The Morgan fingerprint density at radius 1 is 1.17 bits per heavy atom. The van der Waals surface area contributed by atoms with Crippen LogP contribution in [0, 0.1) is 0 Å². The number of benzene rings is 1. The Bertz CT molecular complexity index is 308. The predicted molar refractivity (Wildman–Crippen MR) is 81.2 cm³/mol. The SMILES string of the molecule is C=Cc1ccccc1OCCCC.CCNCC. The van der Waals surface area contributed by atoms with E-state index in [1.54, 1.807) is 0 Å². The molecule has 2 nitrogen and oxygen atoms in total. The van der Waals surface area contributed by atoms with Crippen LogP contribution in [0.15, 0.2) is 30.8 Å². The van der Waals surface area contributed by atoms with Crippen LogP contribution in [0.1, 0.15) is 39.2 Å². The topological polar surface area (TPSA) is 21.3 Å². The summed E-state index contributed by atoms with van der Waals surface area (Å²) in [6, 6.07) is 7.96. The highest BCUT2D eigenvalue weighted by Crippen LogP contribution is 2.18. The zero-order valence-corrected chi connectivity index (χ0v) is 12.0. The molecule has 0 saturated heterocycles. The molecule has 2 heteroatoms. The van der Waals surface area contributed by atoms with E-state index in [-0.39, 0.29) is 0 Å². The molecule has 1 rings (SSSR count). The summed E-state index contributed by atoms with van der Waals surface area (Å²) in [5.74, 6) is 0.936. The lowest BCUT2D eigenvalue weighted by Crippen LogP contribution is -2.09. The summed E-state index contributed by atoms with van der Waals surface area (Å²) in [4.78, 5) is 0. The average molecular weight is 249 g/mol. The summed E-state index contributed by atoms with van der Waals surface area (Å²) in [6.45, 7) is 13.1. The van der Waals surface area contributed by atoms with Crippen molar-refractivity contribution in [1.29, 1.82) is 0 Å². The third kappa shape index (κ3) is 7.91. The highest BCUT2D eigenvalue weighted by atomic mass is 16.5. The first-order valence-electron chi connectivity index (χ1n) is 6.85. The van der Waals surface area contributed by atoms with E-state index in [4.69, 9.17) is 4.74 Å². The first kappa shape index (κ1) is 16.7. The van der Waals surface area contributed by atoms with Gasteiger partial charge in [0.2, 0.25) is 0 Å². The Morgan fingerprint density at radius 2 is 1.83 bits per heavy atom. The molecule has 18 heavy (non-hydrogen) atoms. The fourth-order valence-corrected chi connectivity index (χ4v) is 1.36. The lowest BCUT2D eigenvalue weighted by molar-refractivity contribution is 0.309. The van der Waals surface area contributed by atoms with E-state index >= 15 is 0 Å². The van der Waals surface area contributed by atoms with E-state index in [0.29, 0.717) is 0 Å². The summed E-state index contributed by atoms with van der Waals surface area (Å²) in [6.07, 6.45) is 4.09. The maximum absolute atomic E-state index is 5.60. The lowest BCUT2D eigenvalue weighted by Gasteiger charge is -2.07. The molecule has 0 amide bonds. The van der Waals surface area contributed by atoms with E-state index in [9.17, 15) is 0 Å². The number of ether oxygens (including phenoxy) is 1. The normalized spacial score (nSPS) is 9.28. The van der Waals surface area contributed by atoms with Gasteiger partial charge in [-0.15, -0.1) is 0 Å². The Labute approximate surface area is 112 Å². The second-order valence-corrected chi connectivity index (χ2v) is 3.90. The van der Waals surface area contributed by atoms with Crippen LogP contribution in [0.2, 0.25) is 0 Å². The lowest BCUT2D eigenvalue weighted by atomic mass is 10.2. The molecular formula is C16H27NO. The molecule has 0 aromatic heterocycles. The Balaban J connectivity index is 0.000000494. The molecule has 1 aromatic carbocycles. The third-order valence-corrected chi connectivity index (χ3v) is 2.39. The van der Waals surface area contributed by atoms with Crippen molar-refractivity contribution in [2.45, 2.75) is 33.6 Å². The number of unbranched alkanes of at least 4 members (excludes halogenated alkanes) is 1. The Kier molecular flexibility index (Phi) is 11.3. The van der Waals surface area contributed by atoms with Crippen LogP contribution in [0.5, 0.6) is 5.75 Å². The van der Waals surface area contributed by atoms with Crippen molar-refractivity contribution < 1.29 is 4.74 Å². The minimum Gasteiger partial charge on any atom is -0.493 e. The largest absolute Gasteiger partial charge is 0.493 e. The molecule has 0 saturated carbocycles. The molecule has 0 radical (unpaired) electrons. The number of rotatable bonds is 7. The second-order valence-electron chi connectivity index (χ2n) is 3.90. The number of nitrogens with one attached hydrogen (secondary N) is 1. The van der Waals surface area contributed by atoms with Crippen LogP contribution in [0.25, 0.3) is 6.08 Å². The van der Waals surface area contributed by atoms with Crippen molar-refractivity contribution >= 4 is 6.08 Å². The zero-order valence-electron chi connectivity index (χ0n) is 12.0. The zero-order chi connectivity index (χ0) is 13.6. The number of hydrogen-bond donors (Lipinski definition) is 1. The van der Waals surface area contributed by atoms with Crippen molar-refractivity contribution in [3.8, 4) is 5.75 Å². The second kappa shape index (κ2) is 12.2. The van der Waals surface area contributed by atoms with Gasteiger partial charge in [0.1, 0.15) is 5.75 Å². The predicted octanol–water partition coefficient (Wildman–Crippen LogP) is 4.12. The van der Waals surface area contributed by atoms with E-state index in [2.05, 4.69) is 32.7 Å². The molecule has 102 valence electrons. The first-order valence-corrected chi connectivity index (χ1v) is 6.85. The highest BCUT2D eigenvalue weighted by molar-refractivity contribution is 5.55. The van der Waals surface area contributed by atoms with Crippen LogP contribution in [-0.2, 0) is 0 Å². The van der Waals surface area contributed by atoms with Crippen LogP contribution in [0.3, 0.4) is 0 Å². The van der Waals surface area contributed by atoms with Crippen molar-refractivity contribution in [2.24, 2.45) is 0 Å². The Hall–Kier alpha value is -1.28. The van der Waals surface area contributed by atoms with Gasteiger partial charge in [0.15, 0.2) is 0 Å². The van der Waals surface area contributed by atoms with Crippen LogP contribution in [-0.4, -0.2) is 19.7 Å². The van der Waals surface area contributed by atoms with Gasteiger partial charge in [0, 0.05) is 5.56 Å². The molecule has 0 spiro atoms. The van der Waals surface area contributed by atoms with E-state index in [1.807, 2.05) is 30.3 Å². The molecular weight excluding hydrogens is 222 g/mol. The third-order valence-electron chi connectivity index (χ3n) is 2.39. The summed E-state index contributed by atoms with van der Waals surface area (Å²) in [5, 5.41) is 3.11. The number of hydrogen-bond acceptors (Lipinski definition) is 2. The number of para-hydroxylation sites is 1.